The maximum atomic E-state index is 12.5. The van der Waals surface area contributed by atoms with Crippen molar-refractivity contribution in [3.05, 3.63) is 62.8 Å². The molecule has 0 unspecified atom stereocenters. The van der Waals surface area contributed by atoms with Crippen LogP contribution in [0.4, 0.5) is 4.79 Å². The lowest BCUT2D eigenvalue weighted by Gasteiger charge is -2.09. The Hall–Kier alpha value is -2.29. The Morgan fingerprint density at radius 2 is 2.04 bits per heavy atom. The van der Waals surface area contributed by atoms with Gasteiger partial charge in [-0.15, -0.1) is 22.7 Å². The van der Waals surface area contributed by atoms with Gasteiger partial charge in [0.1, 0.15) is 5.01 Å². The number of thiophene rings is 1. The zero-order valence-corrected chi connectivity index (χ0v) is 15.2. The van der Waals surface area contributed by atoms with Gasteiger partial charge < -0.3 is 0 Å². The minimum absolute atomic E-state index is 0.176. The quantitative estimate of drug-likeness (QED) is 0.619. The fourth-order valence-corrected chi connectivity index (χ4v) is 4.63. The van der Waals surface area contributed by atoms with Gasteiger partial charge in [-0.05, 0) is 41.4 Å². The highest BCUT2D eigenvalue weighted by Crippen LogP contribution is 2.34. The summed E-state index contributed by atoms with van der Waals surface area (Å²) < 4.78 is 0. The summed E-state index contributed by atoms with van der Waals surface area (Å²) in [6, 6.07) is 9.45. The lowest BCUT2D eigenvalue weighted by atomic mass is 10.3. The first-order valence-corrected chi connectivity index (χ1v) is 9.93. The van der Waals surface area contributed by atoms with E-state index in [2.05, 4.69) is 9.97 Å². The average molecular weight is 385 g/mol. The van der Waals surface area contributed by atoms with Crippen molar-refractivity contribution in [1.29, 1.82) is 0 Å². The van der Waals surface area contributed by atoms with E-state index in [0.717, 1.165) is 27.3 Å². The summed E-state index contributed by atoms with van der Waals surface area (Å²) in [5, 5.41) is 4.30. The summed E-state index contributed by atoms with van der Waals surface area (Å²) in [6.45, 7) is 0.176. The van der Waals surface area contributed by atoms with E-state index in [4.69, 9.17) is 0 Å². The fraction of sp³-hybridized carbons (Fsp3) is 0.0588. The van der Waals surface area contributed by atoms with E-state index in [0.29, 0.717) is 10.6 Å². The van der Waals surface area contributed by atoms with Crippen molar-refractivity contribution < 1.29 is 9.59 Å². The number of rotatable bonds is 4. The maximum absolute atomic E-state index is 12.5. The van der Waals surface area contributed by atoms with Crippen LogP contribution in [0.15, 0.2) is 52.2 Å². The van der Waals surface area contributed by atoms with Crippen LogP contribution in [0.1, 0.15) is 10.6 Å². The molecule has 2 amide bonds. The number of carbonyl (C=O) groups is 2. The molecule has 0 spiro atoms. The number of pyridine rings is 1. The summed E-state index contributed by atoms with van der Waals surface area (Å²) in [5.41, 5.74) is 1.47. The van der Waals surface area contributed by atoms with Crippen LogP contribution in [0.5, 0.6) is 0 Å². The van der Waals surface area contributed by atoms with Gasteiger partial charge in [0.2, 0.25) is 0 Å². The first kappa shape index (κ1) is 16.2. The van der Waals surface area contributed by atoms with Crippen LogP contribution in [0.25, 0.3) is 16.8 Å². The molecule has 8 heteroatoms. The average Bonchev–Trinajstić information content (AvgIpc) is 3.35. The Morgan fingerprint density at radius 1 is 1.12 bits per heavy atom. The number of aromatic nitrogens is 2. The minimum Gasteiger partial charge on any atom is -0.268 e. The number of thioether (sulfide) groups is 1. The highest BCUT2D eigenvalue weighted by atomic mass is 32.2. The summed E-state index contributed by atoms with van der Waals surface area (Å²) in [5.74, 6) is -0.268. The van der Waals surface area contributed by atoms with Gasteiger partial charge >= 0.3 is 0 Å². The topological polar surface area (TPSA) is 63.2 Å². The first-order valence-electron chi connectivity index (χ1n) is 7.35. The monoisotopic (exact) mass is 385 g/mol. The van der Waals surface area contributed by atoms with Crippen molar-refractivity contribution in [3.63, 3.8) is 0 Å². The van der Waals surface area contributed by atoms with Gasteiger partial charge in [-0.25, -0.2) is 4.98 Å². The van der Waals surface area contributed by atoms with E-state index in [-0.39, 0.29) is 17.7 Å². The molecule has 0 atom stereocenters. The Labute approximate surface area is 156 Å². The van der Waals surface area contributed by atoms with Crippen molar-refractivity contribution in [2.75, 3.05) is 0 Å². The van der Waals surface area contributed by atoms with E-state index in [1.165, 1.54) is 27.6 Å². The standard InChI is InChI=1S/C17H11N3O2S3/c21-16-14(8-12-4-3-7-23-12)25-17(22)20(16)9-11-10-24-15(19-11)13-5-1-2-6-18-13/h1-8,10H,9H2. The molecule has 124 valence electrons. The second-order valence-corrected chi connectivity index (χ2v) is 7.97. The number of thiazole rings is 1. The number of amides is 2. The smallest absolute Gasteiger partial charge is 0.268 e. The molecule has 1 aliphatic rings. The van der Waals surface area contributed by atoms with Crippen LogP contribution in [0.2, 0.25) is 0 Å². The Morgan fingerprint density at radius 3 is 2.80 bits per heavy atom. The molecule has 1 saturated heterocycles. The molecule has 1 fully saturated rings. The normalized spacial score (nSPS) is 16.2. The van der Waals surface area contributed by atoms with Crippen LogP contribution in [0, 0.1) is 0 Å². The molecule has 3 aromatic rings. The van der Waals surface area contributed by atoms with Crippen LogP contribution in [0.3, 0.4) is 0 Å². The van der Waals surface area contributed by atoms with Gasteiger partial charge in [0.05, 0.1) is 22.8 Å². The van der Waals surface area contributed by atoms with E-state index in [9.17, 15) is 9.59 Å². The summed E-state index contributed by atoms with van der Waals surface area (Å²) in [4.78, 5) is 36.1. The van der Waals surface area contributed by atoms with Gasteiger partial charge in [0.15, 0.2) is 0 Å². The van der Waals surface area contributed by atoms with Crippen LogP contribution < -0.4 is 0 Å². The van der Waals surface area contributed by atoms with Gasteiger partial charge in [0.25, 0.3) is 11.1 Å². The van der Waals surface area contributed by atoms with Crippen molar-refractivity contribution in [2.45, 2.75) is 6.54 Å². The fourth-order valence-electron chi connectivity index (χ4n) is 2.29. The Balaban J connectivity index is 1.52. The van der Waals surface area contributed by atoms with Gasteiger partial charge in [-0.1, -0.05) is 12.1 Å². The zero-order valence-electron chi connectivity index (χ0n) is 12.8. The highest BCUT2D eigenvalue weighted by molar-refractivity contribution is 8.18. The Kier molecular flexibility index (Phi) is 4.48. The predicted molar refractivity (Wildman–Crippen MR) is 101 cm³/mol. The molecule has 25 heavy (non-hydrogen) atoms. The van der Waals surface area contributed by atoms with Gasteiger partial charge in [-0.3, -0.25) is 19.5 Å². The molecule has 0 aliphatic carbocycles. The van der Waals surface area contributed by atoms with Crippen LogP contribution in [-0.2, 0) is 11.3 Å². The molecule has 4 heterocycles. The molecule has 0 aromatic carbocycles. The lowest BCUT2D eigenvalue weighted by molar-refractivity contribution is -0.123. The number of hydrogen-bond donors (Lipinski definition) is 0. The van der Waals surface area contributed by atoms with E-state index in [1.807, 2.05) is 41.1 Å². The third-order valence-electron chi connectivity index (χ3n) is 3.45. The SMILES string of the molecule is O=C1SC(=Cc2cccs2)C(=O)N1Cc1csc(-c2ccccn2)n1. The largest absolute Gasteiger partial charge is 0.293 e. The number of carbonyl (C=O) groups excluding carboxylic acids is 2. The molecular formula is C17H11N3O2S3. The Bertz CT molecular complexity index is 949. The van der Waals surface area contributed by atoms with Crippen molar-refractivity contribution in [3.8, 4) is 10.7 Å². The number of hydrogen-bond acceptors (Lipinski definition) is 7. The zero-order chi connectivity index (χ0) is 17.2. The summed E-state index contributed by atoms with van der Waals surface area (Å²) in [6.07, 6.45) is 3.47. The highest BCUT2D eigenvalue weighted by Gasteiger charge is 2.35. The molecule has 0 saturated carbocycles. The molecule has 0 bridgehead atoms. The minimum atomic E-state index is -0.268. The van der Waals surface area contributed by atoms with Gasteiger partial charge in [-0.2, -0.15) is 0 Å². The molecule has 1 aliphatic heterocycles. The third kappa shape index (κ3) is 3.41. The first-order chi connectivity index (χ1) is 12.2. The van der Waals surface area contributed by atoms with Crippen molar-refractivity contribution in [1.82, 2.24) is 14.9 Å². The second kappa shape index (κ2) is 6.91. The van der Waals surface area contributed by atoms with E-state index >= 15 is 0 Å². The summed E-state index contributed by atoms with van der Waals surface area (Å²) >= 11 is 3.95. The molecular weight excluding hydrogens is 374 g/mol. The molecule has 4 rings (SSSR count). The lowest BCUT2D eigenvalue weighted by Crippen LogP contribution is -2.27. The van der Waals surface area contributed by atoms with Crippen molar-refractivity contribution in [2.24, 2.45) is 0 Å². The summed E-state index contributed by atoms with van der Waals surface area (Å²) in [7, 11) is 0. The molecule has 0 N–H and O–H groups in total. The van der Waals surface area contributed by atoms with Crippen LogP contribution >= 0.6 is 34.4 Å². The second-order valence-electron chi connectivity index (χ2n) is 5.14. The number of nitrogens with zero attached hydrogens (tertiary/aromatic N) is 3. The van der Waals surface area contributed by atoms with Crippen molar-refractivity contribution >= 4 is 51.7 Å². The molecule has 5 nitrogen and oxygen atoms in total. The molecule has 3 aromatic heterocycles. The van der Waals surface area contributed by atoms with E-state index < -0.39 is 0 Å². The predicted octanol–water partition coefficient (Wildman–Crippen LogP) is 4.50. The number of imide groups is 1. The van der Waals surface area contributed by atoms with Crippen LogP contribution in [-0.4, -0.2) is 26.0 Å². The van der Waals surface area contributed by atoms with Gasteiger partial charge in [0, 0.05) is 16.5 Å². The third-order valence-corrected chi connectivity index (χ3v) is 6.09. The maximum Gasteiger partial charge on any atom is 0.293 e. The molecule has 0 radical (unpaired) electrons. The van der Waals surface area contributed by atoms with E-state index in [1.54, 1.807) is 12.3 Å².